The van der Waals surface area contributed by atoms with Gasteiger partial charge in [-0.05, 0) is 28.4 Å². The molecule has 0 unspecified atom stereocenters. The van der Waals surface area contributed by atoms with Crippen molar-refractivity contribution in [2.24, 2.45) is 0 Å². The molecule has 0 aliphatic rings. The summed E-state index contributed by atoms with van der Waals surface area (Å²) in [6.07, 6.45) is 0.906. The molecule has 0 aromatic heterocycles. The molecule has 0 heterocycles. The Hall–Kier alpha value is -1.10. The van der Waals surface area contributed by atoms with Crippen LogP contribution in [0.1, 0.15) is 13.3 Å². The summed E-state index contributed by atoms with van der Waals surface area (Å²) in [5.74, 6) is 0.637. The Morgan fingerprint density at radius 1 is 1.57 bits per heavy atom. The minimum absolute atomic E-state index is 0.0562. The Balaban J connectivity index is 2.84. The summed E-state index contributed by atoms with van der Waals surface area (Å²) in [6, 6.07) is 4.46. The molecule has 0 amide bonds. The van der Waals surface area contributed by atoms with E-state index in [0.717, 1.165) is 6.42 Å². The van der Waals surface area contributed by atoms with E-state index in [2.05, 4.69) is 15.9 Å². The van der Waals surface area contributed by atoms with Gasteiger partial charge in [-0.25, -0.2) is 0 Å². The highest BCUT2D eigenvalue weighted by atomic mass is 79.9. The molecular formula is C9H10BrNO3. The van der Waals surface area contributed by atoms with Crippen LogP contribution in [-0.2, 0) is 0 Å². The first-order chi connectivity index (χ1) is 6.65. The van der Waals surface area contributed by atoms with Crippen molar-refractivity contribution in [1.29, 1.82) is 0 Å². The first-order valence-corrected chi connectivity index (χ1v) is 5.01. The molecule has 1 rings (SSSR count). The van der Waals surface area contributed by atoms with E-state index in [0.29, 0.717) is 16.8 Å². The smallest absolute Gasteiger partial charge is 0.270 e. The molecule has 0 spiro atoms. The van der Waals surface area contributed by atoms with Crippen LogP contribution in [0.25, 0.3) is 0 Å². The van der Waals surface area contributed by atoms with Gasteiger partial charge >= 0.3 is 0 Å². The zero-order valence-electron chi connectivity index (χ0n) is 7.70. The van der Waals surface area contributed by atoms with Gasteiger partial charge in [-0.3, -0.25) is 10.1 Å². The zero-order valence-corrected chi connectivity index (χ0v) is 9.28. The molecule has 0 N–H and O–H groups in total. The SMILES string of the molecule is CCCOc1ccc([N+](=O)[O-])cc1Br. The van der Waals surface area contributed by atoms with E-state index >= 15 is 0 Å². The lowest BCUT2D eigenvalue weighted by molar-refractivity contribution is -0.385. The highest BCUT2D eigenvalue weighted by molar-refractivity contribution is 9.10. The van der Waals surface area contributed by atoms with Crippen molar-refractivity contribution >= 4 is 21.6 Å². The maximum Gasteiger partial charge on any atom is 0.270 e. The maximum atomic E-state index is 10.4. The molecule has 0 radical (unpaired) electrons. The number of nitro benzene ring substituents is 1. The van der Waals surface area contributed by atoms with Crippen LogP contribution in [0.15, 0.2) is 22.7 Å². The molecule has 0 aliphatic carbocycles. The van der Waals surface area contributed by atoms with Crippen LogP contribution < -0.4 is 4.74 Å². The van der Waals surface area contributed by atoms with Gasteiger partial charge < -0.3 is 4.74 Å². The van der Waals surface area contributed by atoms with Crippen molar-refractivity contribution in [3.8, 4) is 5.75 Å². The van der Waals surface area contributed by atoms with Crippen LogP contribution in [0.3, 0.4) is 0 Å². The lowest BCUT2D eigenvalue weighted by Crippen LogP contribution is -1.96. The standard InChI is InChI=1S/C9H10BrNO3/c1-2-5-14-9-4-3-7(11(12)13)6-8(9)10/h3-4,6H,2,5H2,1H3. The number of benzene rings is 1. The fourth-order valence-electron chi connectivity index (χ4n) is 0.932. The number of nitrogens with zero attached hydrogens (tertiary/aromatic N) is 1. The van der Waals surface area contributed by atoms with E-state index in [1.54, 1.807) is 6.07 Å². The predicted molar refractivity (Wildman–Crippen MR) is 56.6 cm³/mol. The summed E-state index contributed by atoms with van der Waals surface area (Å²) >= 11 is 3.22. The van der Waals surface area contributed by atoms with E-state index in [-0.39, 0.29) is 5.69 Å². The molecule has 1 aromatic carbocycles. The summed E-state index contributed by atoms with van der Waals surface area (Å²) in [6.45, 7) is 2.61. The van der Waals surface area contributed by atoms with Gasteiger partial charge in [-0.2, -0.15) is 0 Å². The molecular weight excluding hydrogens is 250 g/mol. The Morgan fingerprint density at radius 3 is 2.79 bits per heavy atom. The van der Waals surface area contributed by atoms with Crippen molar-refractivity contribution in [2.45, 2.75) is 13.3 Å². The Labute approximate surface area is 90.2 Å². The highest BCUT2D eigenvalue weighted by Gasteiger charge is 2.09. The number of non-ortho nitro benzene ring substituents is 1. The molecule has 14 heavy (non-hydrogen) atoms. The van der Waals surface area contributed by atoms with Gasteiger partial charge in [0.05, 0.1) is 16.0 Å². The molecule has 0 bridgehead atoms. The Bertz CT molecular complexity index is 341. The van der Waals surface area contributed by atoms with Crippen LogP contribution >= 0.6 is 15.9 Å². The summed E-state index contributed by atoms with van der Waals surface area (Å²) in [5, 5.41) is 10.4. The molecule has 76 valence electrons. The first-order valence-electron chi connectivity index (χ1n) is 4.22. The molecule has 5 heteroatoms. The van der Waals surface area contributed by atoms with Gasteiger partial charge in [0.15, 0.2) is 0 Å². The van der Waals surface area contributed by atoms with E-state index < -0.39 is 4.92 Å². The largest absolute Gasteiger partial charge is 0.492 e. The minimum Gasteiger partial charge on any atom is -0.492 e. The monoisotopic (exact) mass is 259 g/mol. The number of ether oxygens (including phenoxy) is 1. The summed E-state index contributed by atoms with van der Waals surface area (Å²) in [5.41, 5.74) is 0.0562. The normalized spacial score (nSPS) is 9.86. The Morgan fingerprint density at radius 2 is 2.29 bits per heavy atom. The molecule has 1 aromatic rings. The van der Waals surface area contributed by atoms with Gasteiger partial charge in [0, 0.05) is 12.1 Å². The fraction of sp³-hybridized carbons (Fsp3) is 0.333. The van der Waals surface area contributed by atoms with E-state index in [9.17, 15) is 10.1 Å². The molecule has 0 atom stereocenters. The van der Waals surface area contributed by atoms with Crippen molar-refractivity contribution in [2.75, 3.05) is 6.61 Å². The molecule has 0 saturated carbocycles. The number of hydrogen-bond donors (Lipinski definition) is 0. The predicted octanol–water partition coefficient (Wildman–Crippen LogP) is 3.15. The zero-order chi connectivity index (χ0) is 10.6. The van der Waals surface area contributed by atoms with Crippen LogP contribution in [0.5, 0.6) is 5.75 Å². The van der Waals surface area contributed by atoms with Crippen molar-refractivity contribution in [1.82, 2.24) is 0 Å². The lowest BCUT2D eigenvalue weighted by atomic mass is 10.3. The number of rotatable bonds is 4. The number of nitro groups is 1. The van der Waals surface area contributed by atoms with Gasteiger partial charge in [0.2, 0.25) is 0 Å². The summed E-state index contributed by atoms with van der Waals surface area (Å²) < 4.78 is 5.96. The summed E-state index contributed by atoms with van der Waals surface area (Å²) in [7, 11) is 0. The van der Waals surface area contributed by atoms with E-state index in [1.165, 1.54) is 12.1 Å². The third-order valence-corrected chi connectivity index (χ3v) is 2.21. The second-order valence-corrected chi connectivity index (χ2v) is 3.57. The van der Waals surface area contributed by atoms with Gasteiger partial charge in [0.1, 0.15) is 5.75 Å². The van der Waals surface area contributed by atoms with E-state index in [4.69, 9.17) is 4.74 Å². The molecule has 0 saturated heterocycles. The van der Waals surface area contributed by atoms with Gasteiger partial charge in [0.25, 0.3) is 5.69 Å². The first kappa shape index (κ1) is 11.0. The van der Waals surface area contributed by atoms with Crippen LogP contribution in [0, 0.1) is 10.1 Å². The van der Waals surface area contributed by atoms with Crippen molar-refractivity contribution in [3.63, 3.8) is 0 Å². The van der Waals surface area contributed by atoms with Crippen LogP contribution in [0.2, 0.25) is 0 Å². The number of hydrogen-bond acceptors (Lipinski definition) is 3. The average Bonchev–Trinajstić information content (AvgIpc) is 2.15. The molecule has 0 fully saturated rings. The van der Waals surface area contributed by atoms with Crippen LogP contribution in [0.4, 0.5) is 5.69 Å². The average molecular weight is 260 g/mol. The van der Waals surface area contributed by atoms with Gasteiger partial charge in [-0.15, -0.1) is 0 Å². The second kappa shape index (κ2) is 4.95. The minimum atomic E-state index is -0.436. The summed E-state index contributed by atoms with van der Waals surface area (Å²) in [4.78, 5) is 9.99. The van der Waals surface area contributed by atoms with Crippen molar-refractivity contribution in [3.05, 3.63) is 32.8 Å². The topological polar surface area (TPSA) is 52.4 Å². The molecule has 0 aliphatic heterocycles. The second-order valence-electron chi connectivity index (χ2n) is 2.72. The third kappa shape index (κ3) is 2.70. The van der Waals surface area contributed by atoms with Gasteiger partial charge in [-0.1, -0.05) is 6.92 Å². The number of halogens is 1. The Kier molecular flexibility index (Phi) is 3.88. The molecule has 4 nitrogen and oxygen atoms in total. The van der Waals surface area contributed by atoms with Crippen molar-refractivity contribution < 1.29 is 9.66 Å². The lowest BCUT2D eigenvalue weighted by Gasteiger charge is -2.05. The van der Waals surface area contributed by atoms with E-state index in [1.807, 2.05) is 6.92 Å². The third-order valence-electron chi connectivity index (χ3n) is 1.59. The quantitative estimate of drug-likeness (QED) is 0.617. The fourth-order valence-corrected chi connectivity index (χ4v) is 1.41. The highest BCUT2D eigenvalue weighted by Crippen LogP contribution is 2.28. The van der Waals surface area contributed by atoms with Crippen LogP contribution in [-0.4, -0.2) is 11.5 Å². The maximum absolute atomic E-state index is 10.4.